The first kappa shape index (κ1) is 12.1. The molecule has 4 nitrogen and oxygen atoms in total. The third-order valence-electron chi connectivity index (χ3n) is 2.40. The lowest BCUT2D eigenvalue weighted by molar-refractivity contribution is 0.421. The van der Waals surface area contributed by atoms with Gasteiger partial charge in [-0.25, -0.2) is 0 Å². The fourth-order valence-corrected chi connectivity index (χ4v) is 2.11. The molecule has 0 saturated heterocycles. The van der Waals surface area contributed by atoms with Crippen molar-refractivity contribution < 1.29 is 4.52 Å². The van der Waals surface area contributed by atoms with Crippen LogP contribution in [0, 0.1) is 0 Å². The first-order chi connectivity index (χ1) is 8.35. The van der Waals surface area contributed by atoms with Gasteiger partial charge in [0, 0.05) is 17.9 Å². The van der Waals surface area contributed by atoms with Crippen LogP contribution in [0.1, 0.15) is 5.82 Å². The summed E-state index contributed by atoms with van der Waals surface area (Å²) < 4.78 is 5.29. The van der Waals surface area contributed by atoms with Gasteiger partial charge in [0.05, 0.1) is 5.56 Å². The maximum Gasteiger partial charge on any atom is 0.259 e. The van der Waals surface area contributed by atoms with Crippen LogP contribution in [0.4, 0.5) is 0 Å². The fraction of sp³-hybridized carbons (Fsp3) is 0.333. The molecule has 1 aromatic heterocycles. The molecule has 0 bridgehead atoms. The summed E-state index contributed by atoms with van der Waals surface area (Å²) in [5.41, 5.74) is 1.00. The number of thioether (sulfide) groups is 1. The SMILES string of the molecule is CNCCc1noc(-c2ccccc2SC)n1. The predicted molar refractivity (Wildman–Crippen MR) is 69.1 cm³/mol. The number of benzene rings is 1. The number of nitrogens with one attached hydrogen (secondary N) is 1. The number of likely N-dealkylation sites (N-methyl/N-ethyl adjacent to an activating group) is 1. The molecule has 0 aliphatic heterocycles. The molecule has 0 saturated carbocycles. The molecule has 0 amide bonds. The minimum Gasteiger partial charge on any atom is -0.334 e. The van der Waals surface area contributed by atoms with Crippen LogP contribution in [0.25, 0.3) is 11.5 Å². The highest BCUT2D eigenvalue weighted by molar-refractivity contribution is 7.98. The third-order valence-corrected chi connectivity index (χ3v) is 3.20. The first-order valence-corrected chi connectivity index (χ1v) is 6.68. The van der Waals surface area contributed by atoms with Crippen molar-refractivity contribution in [3.8, 4) is 11.5 Å². The van der Waals surface area contributed by atoms with E-state index in [1.165, 1.54) is 0 Å². The molecule has 1 N–H and O–H groups in total. The van der Waals surface area contributed by atoms with Gasteiger partial charge in [0.1, 0.15) is 0 Å². The Labute approximate surface area is 105 Å². The Kier molecular flexibility index (Phi) is 4.17. The van der Waals surface area contributed by atoms with E-state index < -0.39 is 0 Å². The summed E-state index contributed by atoms with van der Waals surface area (Å²) >= 11 is 1.68. The molecular formula is C12H15N3OS. The Morgan fingerprint density at radius 3 is 2.94 bits per heavy atom. The molecule has 5 heteroatoms. The number of hydrogen-bond acceptors (Lipinski definition) is 5. The van der Waals surface area contributed by atoms with Crippen molar-refractivity contribution in [2.75, 3.05) is 19.8 Å². The average molecular weight is 249 g/mol. The summed E-state index contributed by atoms with van der Waals surface area (Å²) in [4.78, 5) is 5.54. The molecular weight excluding hydrogens is 234 g/mol. The van der Waals surface area contributed by atoms with Crippen molar-refractivity contribution in [2.24, 2.45) is 0 Å². The van der Waals surface area contributed by atoms with Crippen LogP contribution in [0.2, 0.25) is 0 Å². The topological polar surface area (TPSA) is 51.0 Å². The van der Waals surface area contributed by atoms with Crippen LogP contribution in [0.3, 0.4) is 0 Å². The zero-order valence-electron chi connectivity index (χ0n) is 9.93. The number of nitrogens with zero attached hydrogens (tertiary/aromatic N) is 2. The maximum absolute atomic E-state index is 5.29. The monoisotopic (exact) mass is 249 g/mol. The number of aromatic nitrogens is 2. The van der Waals surface area contributed by atoms with Crippen molar-refractivity contribution in [2.45, 2.75) is 11.3 Å². The lowest BCUT2D eigenvalue weighted by Crippen LogP contribution is -2.11. The smallest absolute Gasteiger partial charge is 0.259 e. The standard InChI is InChI=1S/C12H15N3OS/c1-13-8-7-11-14-12(16-15-11)9-5-3-4-6-10(9)17-2/h3-6,13H,7-8H2,1-2H3. The molecule has 0 aliphatic carbocycles. The molecule has 17 heavy (non-hydrogen) atoms. The summed E-state index contributed by atoms with van der Waals surface area (Å²) in [7, 11) is 1.91. The van der Waals surface area contributed by atoms with E-state index in [1.54, 1.807) is 11.8 Å². The Bertz CT molecular complexity index is 484. The first-order valence-electron chi connectivity index (χ1n) is 5.45. The van der Waals surface area contributed by atoms with Gasteiger partial charge in [-0.05, 0) is 25.4 Å². The molecule has 2 aromatic rings. The largest absolute Gasteiger partial charge is 0.334 e. The van der Waals surface area contributed by atoms with E-state index in [0.717, 1.165) is 29.2 Å². The van der Waals surface area contributed by atoms with E-state index in [4.69, 9.17) is 4.52 Å². The zero-order valence-corrected chi connectivity index (χ0v) is 10.8. The van der Waals surface area contributed by atoms with E-state index in [0.29, 0.717) is 5.89 Å². The molecule has 0 unspecified atom stereocenters. The van der Waals surface area contributed by atoms with Gasteiger partial charge in [-0.2, -0.15) is 4.98 Å². The van der Waals surface area contributed by atoms with E-state index in [-0.39, 0.29) is 0 Å². The molecule has 0 radical (unpaired) electrons. The van der Waals surface area contributed by atoms with Gasteiger partial charge < -0.3 is 9.84 Å². The Hall–Kier alpha value is -1.33. The zero-order chi connectivity index (χ0) is 12.1. The molecule has 0 aliphatic rings. The van der Waals surface area contributed by atoms with Crippen LogP contribution in [-0.2, 0) is 6.42 Å². The second kappa shape index (κ2) is 5.84. The molecule has 1 aromatic carbocycles. The summed E-state index contributed by atoms with van der Waals surface area (Å²) in [6.07, 6.45) is 2.82. The number of rotatable bonds is 5. The van der Waals surface area contributed by atoms with Crippen molar-refractivity contribution >= 4 is 11.8 Å². The molecule has 0 fully saturated rings. The number of hydrogen-bond donors (Lipinski definition) is 1. The van der Waals surface area contributed by atoms with Gasteiger partial charge in [-0.1, -0.05) is 17.3 Å². The fourth-order valence-electron chi connectivity index (χ4n) is 1.52. The highest BCUT2D eigenvalue weighted by atomic mass is 32.2. The lowest BCUT2D eigenvalue weighted by atomic mass is 10.2. The molecule has 0 atom stereocenters. The highest BCUT2D eigenvalue weighted by Crippen LogP contribution is 2.28. The van der Waals surface area contributed by atoms with Crippen LogP contribution in [0.15, 0.2) is 33.7 Å². The van der Waals surface area contributed by atoms with Gasteiger partial charge in [-0.15, -0.1) is 11.8 Å². The van der Waals surface area contributed by atoms with Crippen LogP contribution in [0.5, 0.6) is 0 Å². The Morgan fingerprint density at radius 1 is 1.35 bits per heavy atom. The van der Waals surface area contributed by atoms with E-state index in [1.807, 2.05) is 31.5 Å². The van der Waals surface area contributed by atoms with Crippen molar-refractivity contribution in [3.63, 3.8) is 0 Å². The second-order valence-corrected chi connectivity index (χ2v) is 4.42. The maximum atomic E-state index is 5.29. The lowest BCUT2D eigenvalue weighted by Gasteiger charge is -2.00. The van der Waals surface area contributed by atoms with Crippen LogP contribution < -0.4 is 5.32 Å². The Balaban J connectivity index is 2.24. The summed E-state index contributed by atoms with van der Waals surface area (Å²) in [5.74, 6) is 1.34. The average Bonchev–Trinajstić information content (AvgIpc) is 2.85. The van der Waals surface area contributed by atoms with E-state index in [9.17, 15) is 0 Å². The second-order valence-electron chi connectivity index (χ2n) is 3.57. The minimum atomic E-state index is 0.598. The van der Waals surface area contributed by atoms with Gasteiger partial charge in [0.15, 0.2) is 5.82 Å². The van der Waals surface area contributed by atoms with Gasteiger partial charge in [-0.3, -0.25) is 0 Å². The summed E-state index contributed by atoms with van der Waals surface area (Å²) in [6, 6.07) is 8.04. The van der Waals surface area contributed by atoms with Crippen LogP contribution in [-0.4, -0.2) is 30.0 Å². The minimum absolute atomic E-state index is 0.598. The molecule has 1 heterocycles. The highest BCUT2D eigenvalue weighted by Gasteiger charge is 2.11. The summed E-state index contributed by atoms with van der Waals surface area (Å²) in [6.45, 7) is 0.850. The predicted octanol–water partition coefficient (Wildman–Crippen LogP) is 2.22. The van der Waals surface area contributed by atoms with E-state index in [2.05, 4.69) is 21.5 Å². The van der Waals surface area contributed by atoms with Crippen molar-refractivity contribution in [1.82, 2.24) is 15.5 Å². The summed E-state index contributed by atoms with van der Waals surface area (Å²) in [5, 5.41) is 7.03. The van der Waals surface area contributed by atoms with Gasteiger partial charge in [0.2, 0.25) is 0 Å². The molecule has 0 spiro atoms. The Morgan fingerprint density at radius 2 is 2.18 bits per heavy atom. The molecule has 2 rings (SSSR count). The third kappa shape index (κ3) is 2.87. The van der Waals surface area contributed by atoms with Gasteiger partial charge in [0.25, 0.3) is 5.89 Å². The van der Waals surface area contributed by atoms with Crippen LogP contribution >= 0.6 is 11.8 Å². The molecule has 90 valence electrons. The quantitative estimate of drug-likeness (QED) is 0.823. The van der Waals surface area contributed by atoms with Crippen molar-refractivity contribution in [3.05, 3.63) is 30.1 Å². The van der Waals surface area contributed by atoms with Crippen molar-refractivity contribution in [1.29, 1.82) is 0 Å². The van der Waals surface area contributed by atoms with E-state index >= 15 is 0 Å². The van der Waals surface area contributed by atoms with Gasteiger partial charge >= 0.3 is 0 Å². The normalized spacial score (nSPS) is 10.7.